The molecule has 0 saturated carbocycles. The minimum atomic E-state index is 0.0841. The molecule has 0 aromatic heterocycles. The van der Waals surface area contributed by atoms with Crippen molar-refractivity contribution in [2.24, 2.45) is 5.92 Å². The molecule has 0 aliphatic rings. The maximum Gasteiger partial charge on any atom is 0.254 e. The molecule has 94 valence electrons. The zero-order valence-corrected chi connectivity index (χ0v) is 12.5. The highest BCUT2D eigenvalue weighted by Gasteiger charge is 2.16. The van der Waals surface area contributed by atoms with Gasteiger partial charge in [0.2, 0.25) is 0 Å². The van der Waals surface area contributed by atoms with Gasteiger partial charge in [-0.25, -0.2) is 0 Å². The Kier molecular flexibility index (Phi) is 5.19. The van der Waals surface area contributed by atoms with E-state index in [2.05, 4.69) is 29.8 Å². The zero-order chi connectivity index (χ0) is 13.0. The van der Waals surface area contributed by atoms with Gasteiger partial charge >= 0.3 is 0 Å². The second kappa shape index (κ2) is 6.20. The lowest BCUT2D eigenvalue weighted by atomic mass is 10.1. The van der Waals surface area contributed by atoms with Crippen molar-refractivity contribution in [1.82, 2.24) is 4.90 Å². The van der Waals surface area contributed by atoms with E-state index in [0.29, 0.717) is 5.92 Å². The van der Waals surface area contributed by atoms with E-state index >= 15 is 0 Å². The van der Waals surface area contributed by atoms with Gasteiger partial charge in [0.15, 0.2) is 0 Å². The van der Waals surface area contributed by atoms with E-state index in [1.54, 1.807) is 4.90 Å². The van der Waals surface area contributed by atoms with Gasteiger partial charge in [-0.15, -0.1) is 0 Å². The highest BCUT2D eigenvalue weighted by atomic mass is 79.9. The number of hydrogen-bond acceptors (Lipinski definition) is 1. The molecule has 0 bridgehead atoms. The SMILES string of the molecule is CCC(C)CN(C)C(=O)c1cccc(C)c1Br. The van der Waals surface area contributed by atoms with Crippen molar-refractivity contribution in [3.8, 4) is 0 Å². The molecule has 0 spiro atoms. The summed E-state index contributed by atoms with van der Waals surface area (Å²) in [5, 5.41) is 0. The van der Waals surface area contributed by atoms with Gasteiger partial charge in [-0.05, 0) is 40.4 Å². The van der Waals surface area contributed by atoms with Crippen LogP contribution in [0.5, 0.6) is 0 Å². The summed E-state index contributed by atoms with van der Waals surface area (Å²) in [6, 6.07) is 5.78. The molecular formula is C14H20BrNO. The fraction of sp³-hybridized carbons (Fsp3) is 0.500. The van der Waals surface area contributed by atoms with Crippen molar-refractivity contribution in [2.45, 2.75) is 27.2 Å². The third-order valence-electron chi connectivity index (χ3n) is 3.05. The Morgan fingerprint density at radius 2 is 2.12 bits per heavy atom. The van der Waals surface area contributed by atoms with Crippen LogP contribution in [-0.2, 0) is 0 Å². The van der Waals surface area contributed by atoms with Crippen LogP contribution < -0.4 is 0 Å². The second-order valence-electron chi connectivity index (χ2n) is 4.64. The van der Waals surface area contributed by atoms with Gasteiger partial charge in [-0.2, -0.15) is 0 Å². The first-order valence-electron chi connectivity index (χ1n) is 5.98. The fourth-order valence-electron chi connectivity index (χ4n) is 1.70. The first-order valence-corrected chi connectivity index (χ1v) is 6.77. The van der Waals surface area contributed by atoms with Gasteiger partial charge in [0, 0.05) is 18.1 Å². The summed E-state index contributed by atoms with van der Waals surface area (Å²) in [6.07, 6.45) is 1.09. The van der Waals surface area contributed by atoms with Crippen molar-refractivity contribution < 1.29 is 4.79 Å². The average molecular weight is 298 g/mol. The van der Waals surface area contributed by atoms with Crippen LogP contribution >= 0.6 is 15.9 Å². The second-order valence-corrected chi connectivity index (χ2v) is 5.43. The summed E-state index contributed by atoms with van der Waals surface area (Å²) < 4.78 is 0.904. The van der Waals surface area contributed by atoms with Crippen LogP contribution in [-0.4, -0.2) is 24.4 Å². The van der Waals surface area contributed by atoms with Crippen LogP contribution in [0.15, 0.2) is 22.7 Å². The third kappa shape index (κ3) is 3.56. The summed E-state index contributed by atoms with van der Waals surface area (Å²) in [6.45, 7) is 7.10. The minimum Gasteiger partial charge on any atom is -0.341 e. The summed E-state index contributed by atoms with van der Waals surface area (Å²) in [5.74, 6) is 0.619. The van der Waals surface area contributed by atoms with Crippen molar-refractivity contribution >= 4 is 21.8 Å². The molecule has 3 heteroatoms. The molecule has 1 amide bonds. The highest BCUT2D eigenvalue weighted by Crippen LogP contribution is 2.22. The smallest absolute Gasteiger partial charge is 0.254 e. The molecule has 17 heavy (non-hydrogen) atoms. The van der Waals surface area contributed by atoms with E-state index in [1.807, 2.05) is 32.2 Å². The van der Waals surface area contributed by atoms with Crippen molar-refractivity contribution in [3.05, 3.63) is 33.8 Å². The normalized spacial score (nSPS) is 12.3. The third-order valence-corrected chi connectivity index (χ3v) is 4.10. The molecule has 1 aromatic rings. The van der Waals surface area contributed by atoms with Crippen LogP contribution in [0.25, 0.3) is 0 Å². The van der Waals surface area contributed by atoms with Crippen LogP contribution in [0.1, 0.15) is 36.2 Å². The van der Waals surface area contributed by atoms with Gasteiger partial charge in [-0.1, -0.05) is 32.4 Å². The Hall–Kier alpha value is -0.830. The van der Waals surface area contributed by atoms with Crippen LogP contribution in [0.4, 0.5) is 0 Å². The largest absolute Gasteiger partial charge is 0.341 e. The van der Waals surface area contributed by atoms with Gasteiger partial charge in [-0.3, -0.25) is 4.79 Å². The molecule has 0 N–H and O–H groups in total. The highest BCUT2D eigenvalue weighted by molar-refractivity contribution is 9.10. The lowest BCUT2D eigenvalue weighted by molar-refractivity contribution is 0.0774. The van der Waals surface area contributed by atoms with Crippen molar-refractivity contribution in [1.29, 1.82) is 0 Å². The van der Waals surface area contributed by atoms with Crippen LogP contribution in [0.3, 0.4) is 0 Å². The van der Waals surface area contributed by atoms with Gasteiger partial charge < -0.3 is 4.90 Å². The van der Waals surface area contributed by atoms with Gasteiger partial charge in [0.1, 0.15) is 0 Å². The summed E-state index contributed by atoms with van der Waals surface area (Å²) in [4.78, 5) is 14.1. The number of hydrogen-bond donors (Lipinski definition) is 0. The molecule has 0 radical (unpaired) electrons. The van der Waals surface area contributed by atoms with E-state index in [0.717, 1.165) is 28.6 Å². The molecule has 2 nitrogen and oxygen atoms in total. The topological polar surface area (TPSA) is 20.3 Å². The number of rotatable bonds is 4. The first-order chi connectivity index (χ1) is 7.97. The Morgan fingerprint density at radius 1 is 1.47 bits per heavy atom. The number of amides is 1. The lowest BCUT2D eigenvalue weighted by Crippen LogP contribution is -2.31. The lowest BCUT2D eigenvalue weighted by Gasteiger charge is -2.21. The molecule has 0 fully saturated rings. The van der Waals surface area contributed by atoms with E-state index < -0.39 is 0 Å². The maximum absolute atomic E-state index is 12.3. The van der Waals surface area contributed by atoms with E-state index in [-0.39, 0.29) is 5.91 Å². The predicted octanol–water partition coefficient (Wildman–Crippen LogP) is 3.88. The first kappa shape index (κ1) is 14.2. The minimum absolute atomic E-state index is 0.0841. The summed E-state index contributed by atoms with van der Waals surface area (Å²) in [7, 11) is 1.86. The Morgan fingerprint density at radius 3 is 2.71 bits per heavy atom. The van der Waals surface area contributed by atoms with Gasteiger partial charge in [0.25, 0.3) is 5.91 Å². The molecule has 1 aromatic carbocycles. The molecule has 1 rings (SSSR count). The standard InChI is InChI=1S/C14H20BrNO/c1-5-10(2)9-16(4)14(17)12-8-6-7-11(3)13(12)15/h6-8,10H,5,9H2,1-4H3. The van der Waals surface area contributed by atoms with Crippen molar-refractivity contribution in [2.75, 3.05) is 13.6 Å². The number of aryl methyl sites for hydroxylation is 1. The Balaban J connectivity index is 2.85. The van der Waals surface area contributed by atoms with E-state index in [4.69, 9.17) is 0 Å². The molecule has 1 unspecified atom stereocenters. The fourth-order valence-corrected chi connectivity index (χ4v) is 2.13. The zero-order valence-electron chi connectivity index (χ0n) is 11.0. The number of nitrogens with zero attached hydrogens (tertiary/aromatic N) is 1. The molecule has 0 saturated heterocycles. The van der Waals surface area contributed by atoms with Crippen LogP contribution in [0, 0.1) is 12.8 Å². The van der Waals surface area contributed by atoms with E-state index in [1.165, 1.54) is 0 Å². The predicted molar refractivity (Wildman–Crippen MR) is 75.3 cm³/mol. The van der Waals surface area contributed by atoms with Crippen molar-refractivity contribution in [3.63, 3.8) is 0 Å². The van der Waals surface area contributed by atoms with E-state index in [9.17, 15) is 4.79 Å². The summed E-state index contributed by atoms with van der Waals surface area (Å²) in [5.41, 5.74) is 1.84. The average Bonchev–Trinajstić information content (AvgIpc) is 2.31. The number of carbonyl (C=O) groups is 1. The molecule has 0 heterocycles. The molecule has 0 aliphatic heterocycles. The number of benzene rings is 1. The molecule has 0 aliphatic carbocycles. The Labute approximate surface area is 112 Å². The maximum atomic E-state index is 12.3. The summed E-state index contributed by atoms with van der Waals surface area (Å²) >= 11 is 3.48. The molecule has 1 atom stereocenters. The molecular weight excluding hydrogens is 278 g/mol. The number of carbonyl (C=O) groups excluding carboxylic acids is 1. The quantitative estimate of drug-likeness (QED) is 0.826. The van der Waals surface area contributed by atoms with Gasteiger partial charge in [0.05, 0.1) is 5.56 Å². The number of halogens is 1. The monoisotopic (exact) mass is 297 g/mol. The Bertz CT molecular complexity index is 403. The van der Waals surface area contributed by atoms with Crippen LogP contribution in [0.2, 0.25) is 0 Å².